The number of piperidine rings is 1. The Kier molecular flexibility index (Phi) is 4.72. The molecule has 0 atom stereocenters. The molecule has 2 heterocycles. The summed E-state index contributed by atoms with van der Waals surface area (Å²) in [6, 6.07) is 5.73. The molecule has 25 heavy (non-hydrogen) atoms. The van der Waals surface area contributed by atoms with Gasteiger partial charge in [-0.2, -0.15) is 0 Å². The van der Waals surface area contributed by atoms with Crippen molar-refractivity contribution in [1.82, 2.24) is 10.2 Å². The highest BCUT2D eigenvalue weighted by atomic mass is 16.2. The van der Waals surface area contributed by atoms with E-state index in [0.29, 0.717) is 12.6 Å². The second-order valence-electron chi connectivity index (χ2n) is 8.21. The van der Waals surface area contributed by atoms with Gasteiger partial charge in [0, 0.05) is 37.4 Å². The van der Waals surface area contributed by atoms with Gasteiger partial charge in [-0.15, -0.1) is 0 Å². The highest BCUT2D eigenvalue weighted by molar-refractivity contribution is 5.82. The van der Waals surface area contributed by atoms with E-state index in [2.05, 4.69) is 41.1 Å². The summed E-state index contributed by atoms with van der Waals surface area (Å²) in [5.74, 6) is 0.192. The lowest BCUT2D eigenvalue weighted by Crippen LogP contribution is -2.48. The lowest BCUT2D eigenvalue weighted by atomic mass is 9.95. The molecule has 1 saturated heterocycles. The molecule has 0 unspecified atom stereocenters. The molecule has 0 bridgehead atoms. The van der Waals surface area contributed by atoms with Gasteiger partial charge in [-0.3, -0.25) is 4.79 Å². The van der Waals surface area contributed by atoms with Crippen molar-refractivity contribution in [3.63, 3.8) is 0 Å². The first kappa shape index (κ1) is 16.9. The van der Waals surface area contributed by atoms with Gasteiger partial charge in [0.2, 0.25) is 5.91 Å². The summed E-state index contributed by atoms with van der Waals surface area (Å²) in [5, 5.41) is 3.30. The molecular formula is C21H31N3O. The number of amides is 1. The Morgan fingerprint density at radius 2 is 1.88 bits per heavy atom. The van der Waals surface area contributed by atoms with E-state index in [9.17, 15) is 4.79 Å². The molecule has 0 spiro atoms. The minimum atomic E-state index is 0.192. The van der Waals surface area contributed by atoms with E-state index in [0.717, 1.165) is 51.4 Å². The van der Waals surface area contributed by atoms with Gasteiger partial charge in [0.05, 0.1) is 6.54 Å². The molecule has 4 heteroatoms. The van der Waals surface area contributed by atoms with Crippen LogP contribution in [0.25, 0.3) is 0 Å². The highest BCUT2D eigenvalue weighted by Gasteiger charge is 2.32. The predicted octanol–water partition coefficient (Wildman–Crippen LogP) is 2.80. The Hall–Kier alpha value is -1.55. The van der Waals surface area contributed by atoms with Gasteiger partial charge in [0.1, 0.15) is 0 Å². The Balaban J connectivity index is 1.34. The van der Waals surface area contributed by atoms with Gasteiger partial charge in [-0.1, -0.05) is 6.07 Å². The number of hydrogen-bond acceptors (Lipinski definition) is 3. The Morgan fingerprint density at radius 3 is 2.60 bits per heavy atom. The van der Waals surface area contributed by atoms with Crippen molar-refractivity contribution in [2.45, 2.75) is 64.5 Å². The van der Waals surface area contributed by atoms with E-state index >= 15 is 0 Å². The topological polar surface area (TPSA) is 35.6 Å². The van der Waals surface area contributed by atoms with Gasteiger partial charge < -0.3 is 15.1 Å². The molecule has 1 aromatic carbocycles. The standard InChI is InChI=1S/C21H31N3O/c1-15-12-16(2)19-4-3-9-24(20(19)13-15)14-21(25)22-17-7-10-23(11-8-17)18-5-6-18/h12-13,17-18H,3-11,14H2,1-2H3,(H,22,25). The maximum Gasteiger partial charge on any atom is 0.239 e. The minimum absolute atomic E-state index is 0.192. The van der Waals surface area contributed by atoms with Crippen LogP contribution >= 0.6 is 0 Å². The van der Waals surface area contributed by atoms with Crippen LogP contribution in [-0.2, 0) is 11.2 Å². The van der Waals surface area contributed by atoms with Crippen LogP contribution in [0, 0.1) is 13.8 Å². The van der Waals surface area contributed by atoms with Crippen LogP contribution in [0.1, 0.15) is 48.8 Å². The second kappa shape index (κ2) is 6.99. The molecule has 2 fully saturated rings. The highest BCUT2D eigenvalue weighted by Crippen LogP contribution is 2.31. The number of rotatable bonds is 4. The fourth-order valence-corrected chi connectivity index (χ4v) is 4.61. The zero-order valence-corrected chi connectivity index (χ0v) is 15.7. The molecule has 1 N–H and O–H groups in total. The van der Waals surface area contributed by atoms with Gasteiger partial charge in [-0.05, 0) is 75.1 Å². The maximum absolute atomic E-state index is 12.6. The first-order chi connectivity index (χ1) is 12.1. The van der Waals surface area contributed by atoms with Crippen molar-refractivity contribution >= 4 is 11.6 Å². The normalized spacial score (nSPS) is 21.9. The van der Waals surface area contributed by atoms with Gasteiger partial charge in [0.15, 0.2) is 0 Å². The lowest BCUT2D eigenvalue weighted by molar-refractivity contribution is -0.120. The van der Waals surface area contributed by atoms with Crippen LogP contribution in [0.2, 0.25) is 0 Å². The Morgan fingerprint density at radius 1 is 1.12 bits per heavy atom. The zero-order valence-electron chi connectivity index (χ0n) is 15.7. The number of nitrogens with zero attached hydrogens (tertiary/aromatic N) is 2. The number of benzene rings is 1. The summed E-state index contributed by atoms with van der Waals surface area (Å²) in [5.41, 5.74) is 5.37. The Bertz CT molecular complexity index is 645. The number of fused-ring (bicyclic) bond motifs is 1. The number of anilines is 1. The molecule has 0 aromatic heterocycles. The molecule has 4 nitrogen and oxygen atoms in total. The van der Waals surface area contributed by atoms with Gasteiger partial charge in [-0.25, -0.2) is 0 Å². The average molecular weight is 341 g/mol. The van der Waals surface area contributed by atoms with Crippen molar-refractivity contribution in [1.29, 1.82) is 0 Å². The van der Waals surface area contributed by atoms with Crippen molar-refractivity contribution in [3.05, 3.63) is 28.8 Å². The average Bonchev–Trinajstić information content (AvgIpc) is 3.41. The second-order valence-corrected chi connectivity index (χ2v) is 8.21. The van der Waals surface area contributed by atoms with Crippen molar-refractivity contribution in [2.75, 3.05) is 31.1 Å². The third-order valence-electron chi connectivity index (χ3n) is 6.08. The molecule has 1 saturated carbocycles. The zero-order chi connectivity index (χ0) is 17.4. The van der Waals surface area contributed by atoms with Crippen LogP contribution in [0.4, 0.5) is 5.69 Å². The van der Waals surface area contributed by atoms with Crippen molar-refractivity contribution in [2.24, 2.45) is 0 Å². The number of aryl methyl sites for hydroxylation is 2. The van der Waals surface area contributed by atoms with Crippen molar-refractivity contribution < 1.29 is 4.79 Å². The van der Waals surface area contributed by atoms with E-state index in [1.807, 2.05) is 0 Å². The number of likely N-dealkylation sites (tertiary alicyclic amines) is 1. The van der Waals surface area contributed by atoms with E-state index in [4.69, 9.17) is 0 Å². The monoisotopic (exact) mass is 341 g/mol. The van der Waals surface area contributed by atoms with Crippen LogP contribution < -0.4 is 10.2 Å². The maximum atomic E-state index is 12.6. The molecule has 1 aliphatic carbocycles. The number of carbonyl (C=O) groups excluding carboxylic acids is 1. The summed E-state index contributed by atoms with van der Waals surface area (Å²) >= 11 is 0. The minimum Gasteiger partial charge on any atom is -0.362 e. The molecule has 4 rings (SSSR count). The smallest absolute Gasteiger partial charge is 0.239 e. The van der Waals surface area contributed by atoms with E-state index in [1.165, 1.54) is 35.2 Å². The predicted molar refractivity (Wildman–Crippen MR) is 102 cm³/mol. The SMILES string of the molecule is Cc1cc(C)c2c(c1)N(CC(=O)NC1CCN(C3CC3)CC1)CCC2. The quantitative estimate of drug-likeness (QED) is 0.915. The summed E-state index contributed by atoms with van der Waals surface area (Å²) in [7, 11) is 0. The molecule has 2 aliphatic heterocycles. The molecule has 0 radical (unpaired) electrons. The van der Waals surface area contributed by atoms with E-state index in [1.54, 1.807) is 0 Å². The molecule has 136 valence electrons. The first-order valence-corrected chi connectivity index (χ1v) is 9.98. The van der Waals surface area contributed by atoms with Crippen molar-refractivity contribution in [3.8, 4) is 0 Å². The van der Waals surface area contributed by atoms with Crippen LogP contribution in [0.3, 0.4) is 0 Å². The van der Waals surface area contributed by atoms with E-state index in [-0.39, 0.29) is 5.91 Å². The molecule has 3 aliphatic rings. The number of nitrogens with one attached hydrogen (secondary N) is 1. The Labute approximate surface area is 151 Å². The molecule has 1 aromatic rings. The first-order valence-electron chi connectivity index (χ1n) is 9.98. The lowest BCUT2D eigenvalue weighted by Gasteiger charge is -2.34. The third-order valence-corrected chi connectivity index (χ3v) is 6.08. The molecular weight excluding hydrogens is 310 g/mol. The van der Waals surface area contributed by atoms with Gasteiger partial charge in [0.25, 0.3) is 0 Å². The van der Waals surface area contributed by atoms with E-state index < -0.39 is 0 Å². The van der Waals surface area contributed by atoms with Gasteiger partial charge >= 0.3 is 0 Å². The fraction of sp³-hybridized carbons (Fsp3) is 0.667. The number of hydrogen-bond donors (Lipinski definition) is 1. The summed E-state index contributed by atoms with van der Waals surface area (Å²) in [6.45, 7) is 8.14. The summed E-state index contributed by atoms with van der Waals surface area (Å²) in [6.07, 6.45) is 7.26. The molecule has 1 amide bonds. The fourth-order valence-electron chi connectivity index (χ4n) is 4.61. The summed E-state index contributed by atoms with van der Waals surface area (Å²) < 4.78 is 0. The number of carbonyl (C=O) groups is 1. The van der Waals surface area contributed by atoms with Crippen LogP contribution in [0.5, 0.6) is 0 Å². The van der Waals surface area contributed by atoms with Crippen LogP contribution in [0.15, 0.2) is 12.1 Å². The summed E-state index contributed by atoms with van der Waals surface area (Å²) in [4.78, 5) is 17.5. The third kappa shape index (κ3) is 3.84. The van der Waals surface area contributed by atoms with Crippen LogP contribution in [-0.4, -0.2) is 49.1 Å². The largest absolute Gasteiger partial charge is 0.362 e.